The minimum atomic E-state index is -0.800. The van der Waals surface area contributed by atoms with Gasteiger partial charge in [0.15, 0.2) is 5.78 Å². The molecule has 6 heteroatoms. The number of carbonyl (C=O) groups is 2. The van der Waals surface area contributed by atoms with Crippen LogP contribution in [0.25, 0.3) is 5.57 Å². The summed E-state index contributed by atoms with van der Waals surface area (Å²) in [7, 11) is 1.70. The summed E-state index contributed by atoms with van der Waals surface area (Å²) in [5.41, 5.74) is 3.78. The number of ketones is 1. The molecule has 1 aromatic rings. The smallest absolute Gasteiger partial charge is 0.434 e. The lowest BCUT2D eigenvalue weighted by Crippen LogP contribution is -2.50. The molecule has 29 heavy (non-hydrogen) atoms. The molecule has 3 rings (SSSR count). The van der Waals surface area contributed by atoms with Crippen molar-refractivity contribution >= 4 is 17.5 Å². The van der Waals surface area contributed by atoms with Crippen molar-refractivity contribution in [2.75, 3.05) is 13.7 Å². The maximum atomic E-state index is 13.7. The number of benzene rings is 1. The molecule has 2 aliphatic rings. The number of carbonyl (C=O) groups excluding carboxylic acids is 2. The van der Waals surface area contributed by atoms with Crippen LogP contribution in [0.5, 0.6) is 0 Å². The van der Waals surface area contributed by atoms with Gasteiger partial charge < -0.3 is 19.5 Å². The molecule has 158 valence electrons. The van der Waals surface area contributed by atoms with Crippen molar-refractivity contribution in [3.05, 3.63) is 40.3 Å². The van der Waals surface area contributed by atoms with E-state index in [9.17, 15) is 9.59 Å². The fourth-order valence-electron chi connectivity index (χ4n) is 4.58. The molecule has 0 aromatic heterocycles. The predicted molar refractivity (Wildman–Crippen MR) is 110 cm³/mol. The zero-order chi connectivity index (χ0) is 21.2. The molecular formula is C23H31NO5. The van der Waals surface area contributed by atoms with Gasteiger partial charge in [-0.25, -0.2) is 4.79 Å². The highest BCUT2D eigenvalue weighted by Crippen LogP contribution is 2.43. The van der Waals surface area contributed by atoms with Crippen molar-refractivity contribution < 1.29 is 23.8 Å². The molecule has 1 aliphatic carbocycles. The highest BCUT2D eigenvalue weighted by Gasteiger charge is 2.51. The van der Waals surface area contributed by atoms with Gasteiger partial charge in [-0.2, -0.15) is 0 Å². The molecule has 1 saturated carbocycles. The third kappa shape index (κ3) is 4.04. The van der Waals surface area contributed by atoms with E-state index in [1.807, 2.05) is 13.8 Å². The minimum Gasteiger partial charge on any atom is -0.434 e. The van der Waals surface area contributed by atoms with Crippen molar-refractivity contribution in [1.82, 2.24) is 5.32 Å². The second-order valence-electron chi connectivity index (χ2n) is 7.93. The molecule has 0 amide bonds. The zero-order valence-electron chi connectivity index (χ0n) is 18.0. The van der Waals surface area contributed by atoms with Gasteiger partial charge in [-0.1, -0.05) is 24.6 Å². The second kappa shape index (κ2) is 8.57. The lowest BCUT2D eigenvalue weighted by molar-refractivity contribution is -0.120. The Hall–Kier alpha value is -2.34. The fourth-order valence-corrected chi connectivity index (χ4v) is 4.58. The fraction of sp³-hybridized carbons (Fsp3) is 0.565. The molecule has 1 fully saturated rings. The van der Waals surface area contributed by atoms with Crippen LogP contribution >= 0.6 is 0 Å². The van der Waals surface area contributed by atoms with Crippen molar-refractivity contribution in [2.45, 2.75) is 71.4 Å². The van der Waals surface area contributed by atoms with Gasteiger partial charge in [0, 0.05) is 7.11 Å². The number of methoxy groups -OCH3 is 1. The lowest BCUT2D eigenvalue weighted by Gasteiger charge is -2.36. The SMILES string of the molecule is CCOC(=O)OC1=C(c2c(C)cc(C)cc2CC)C(=O)C2(CCC(OC)CC2)N1. The van der Waals surface area contributed by atoms with E-state index < -0.39 is 11.7 Å². The Balaban J connectivity index is 2.06. The molecule has 1 N–H and O–H groups in total. The summed E-state index contributed by atoms with van der Waals surface area (Å²) >= 11 is 0. The lowest BCUT2D eigenvalue weighted by atomic mass is 9.76. The first-order chi connectivity index (χ1) is 13.8. The van der Waals surface area contributed by atoms with E-state index in [-0.39, 0.29) is 24.4 Å². The number of ether oxygens (including phenoxy) is 3. The first-order valence-corrected chi connectivity index (χ1v) is 10.4. The van der Waals surface area contributed by atoms with E-state index in [1.165, 1.54) is 0 Å². The minimum absolute atomic E-state index is 0.00648. The van der Waals surface area contributed by atoms with E-state index in [2.05, 4.69) is 24.4 Å². The third-order valence-corrected chi connectivity index (χ3v) is 6.00. The van der Waals surface area contributed by atoms with Crippen molar-refractivity contribution in [3.63, 3.8) is 0 Å². The van der Waals surface area contributed by atoms with Gasteiger partial charge in [-0.15, -0.1) is 0 Å². The highest BCUT2D eigenvalue weighted by atomic mass is 16.7. The summed E-state index contributed by atoms with van der Waals surface area (Å²) < 4.78 is 16.0. The monoisotopic (exact) mass is 401 g/mol. The summed E-state index contributed by atoms with van der Waals surface area (Å²) in [6.45, 7) is 8.03. The maximum Gasteiger partial charge on any atom is 0.515 e. The quantitative estimate of drug-likeness (QED) is 0.745. The predicted octanol–water partition coefficient (Wildman–Crippen LogP) is 4.21. The normalized spacial score (nSPS) is 24.0. The molecule has 0 saturated heterocycles. The molecular weight excluding hydrogens is 370 g/mol. The van der Waals surface area contributed by atoms with Gasteiger partial charge in [0.05, 0.1) is 18.3 Å². The van der Waals surface area contributed by atoms with Gasteiger partial charge in [-0.05, 0) is 69.6 Å². The molecule has 1 aromatic carbocycles. The van der Waals surface area contributed by atoms with E-state index in [0.717, 1.165) is 41.5 Å². The molecule has 0 radical (unpaired) electrons. The van der Waals surface area contributed by atoms with Crippen LogP contribution in [0.15, 0.2) is 18.0 Å². The van der Waals surface area contributed by atoms with Crippen molar-refractivity contribution in [2.24, 2.45) is 0 Å². The largest absolute Gasteiger partial charge is 0.515 e. The Bertz CT molecular complexity index is 834. The number of hydrogen-bond acceptors (Lipinski definition) is 6. The zero-order valence-corrected chi connectivity index (χ0v) is 18.0. The molecule has 1 aliphatic heterocycles. The van der Waals surface area contributed by atoms with E-state index in [0.29, 0.717) is 18.4 Å². The number of nitrogens with one attached hydrogen (secondary N) is 1. The van der Waals surface area contributed by atoms with Crippen LogP contribution in [0.4, 0.5) is 4.79 Å². The Morgan fingerprint density at radius 3 is 2.48 bits per heavy atom. The summed E-state index contributed by atoms with van der Waals surface area (Å²) in [6, 6.07) is 4.15. The summed E-state index contributed by atoms with van der Waals surface area (Å²) in [5.74, 6) is 0.207. The van der Waals surface area contributed by atoms with E-state index >= 15 is 0 Å². The van der Waals surface area contributed by atoms with Crippen LogP contribution in [0.3, 0.4) is 0 Å². The first kappa shape index (κ1) is 21.4. The molecule has 1 heterocycles. The summed E-state index contributed by atoms with van der Waals surface area (Å²) in [4.78, 5) is 25.8. The Morgan fingerprint density at radius 2 is 1.90 bits per heavy atom. The van der Waals surface area contributed by atoms with Gasteiger partial charge in [0.2, 0.25) is 5.88 Å². The molecule has 0 unspecified atom stereocenters. The standard InChI is InChI=1S/C23H31NO5/c1-6-16-13-14(3)12-15(4)18(16)19-20(25)23(10-8-17(27-5)9-11-23)24-21(19)29-22(26)28-7-2/h12-13,17,24H,6-11H2,1-5H3. The van der Waals surface area contributed by atoms with Crippen molar-refractivity contribution in [1.29, 1.82) is 0 Å². The van der Waals surface area contributed by atoms with Crippen LogP contribution in [-0.4, -0.2) is 37.3 Å². The molecule has 6 nitrogen and oxygen atoms in total. The molecule has 0 atom stereocenters. The van der Waals surface area contributed by atoms with Crippen LogP contribution in [0.1, 0.15) is 61.8 Å². The van der Waals surface area contributed by atoms with E-state index in [1.54, 1.807) is 14.0 Å². The average molecular weight is 402 g/mol. The second-order valence-corrected chi connectivity index (χ2v) is 7.93. The summed E-state index contributed by atoms with van der Waals surface area (Å²) in [5, 5.41) is 3.28. The first-order valence-electron chi connectivity index (χ1n) is 10.4. The third-order valence-electron chi connectivity index (χ3n) is 6.00. The summed E-state index contributed by atoms with van der Waals surface area (Å²) in [6.07, 6.45) is 2.96. The molecule has 0 bridgehead atoms. The maximum absolute atomic E-state index is 13.7. The van der Waals surface area contributed by atoms with E-state index in [4.69, 9.17) is 14.2 Å². The average Bonchev–Trinajstić information content (AvgIpc) is 2.93. The highest BCUT2D eigenvalue weighted by molar-refractivity contribution is 6.28. The van der Waals surface area contributed by atoms with Crippen LogP contribution in [-0.2, 0) is 25.4 Å². The number of Topliss-reactive ketones (excluding diaryl/α,β-unsaturated/α-hetero) is 1. The topological polar surface area (TPSA) is 73.9 Å². The van der Waals surface area contributed by atoms with Crippen LogP contribution in [0.2, 0.25) is 0 Å². The Labute approximate surface area is 172 Å². The van der Waals surface area contributed by atoms with Gasteiger partial charge >= 0.3 is 6.16 Å². The van der Waals surface area contributed by atoms with Gasteiger partial charge in [0.1, 0.15) is 5.54 Å². The molecule has 1 spiro atoms. The number of aryl methyl sites for hydroxylation is 3. The van der Waals surface area contributed by atoms with Crippen LogP contribution in [0, 0.1) is 13.8 Å². The Kier molecular flexibility index (Phi) is 6.32. The van der Waals surface area contributed by atoms with Gasteiger partial charge in [-0.3, -0.25) is 4.79 Å². The van der Waals surface area contributed by atoms with Gasteiger partial charge in [0.25, 0.3) is 0 Å². The number of rotatable bonds is 5. The van der Waals surface area contributed by atoms with Crippen LogP contribution < -0.4 is 5.32 Å². The van der Waals surface area contributed by atoms with Crippen molar-refractivity contribution in [3.8, 4) is 0 Å². The Morgan fingerprint density at radius 1 is 1.21 bits per heavy atom. The number of hydrogen-bond donors (Lipinski definition) is 1.